The van der Waals surface area contributed by atoms with Crippen molar-refractivity contribution in [1.29, 1.82) is 0 Å². The first-order valence-corrected chi connectivity index (χ1v) is 8.16. The van der Waals surface area contributed by atoms with Crippen LogP contribution < -0.4 is 5.32 Å². The predicted octanol–water partition coefficient (Wildman–Crippen LogP) is 3.16. The highest BCUT2D eigenvalue weighted by Crippen LogP contribution is 2.24. The van der Waals surface area contributed by atoms with E-state index in [0.29, 0.717) is 0 Å². The fourth-order valence-electron chi connectivity index (χ4n) is 2.62. The van der Waals surface area contributed by atoms with Crippen molar-refractivity contribution in [3.05, 3.63) is 51.5 Å². The molecule has 0 atom stereocenters. The monoisotopic (exact) mass is 287 g/mol. The molecule has 106 valence electrons. The van der Waals surface area contributed by atoms with Crippen LogP contribution in [0.3, 0.4) is 0 Å². The number of benzene rings is 1. The molecule has 20 heavy (non-hydrogen) atoms. The number of thiazole rings is 1. The Balaban J connectivity index is 1.55. The molecule has 1 N–H and O–H groups in total. The Labute approximate surface area is 124 Å². The summed E-state index contributed by atoms with van der Waals surface area (Å²) in [5.74, 6) is 0. The Hall–Kier alpha value is -1.23. The van der Waals surface area contributed by atoms with Crippen LogP contribution in [0.25, 0.3) is 0 Å². The molecule has 1 aliphatic rings. The lowest BCUT2D eigenvalue weighted by molar-refractivity contribution is 0.272. The summed E-state index contributed by atoms with van der Waals surface area (Å²) < 4.78 is 0. The minimum atomic E-state index is 0.902. The van der Waals surface area contributed by atoms with Crippen molar-refractivity contribution in [2.45, 2.75) is 39.5 Å². The lowest BCUT2D eigenvalue weighted by Crippen LogP contribution is -2.16. The van der Waals surface area contributed by atoms with E-state index in [2.05, 4.69) is 46.8 Å². The van der Waals surface area contributed by atoms with Gasteiger partial charge in [-0.15, -0.1) is 11.3 Å². The van der Waals surface area contributed by atoms with Gasteiger partial charge in [0.2, 0.25) is 0 Å². The highest BCUT2D eigenvalue weighted by atomic mass is 32.1. The molecule has 4 heteroatoms. The van der Waals surface area contributed by atoms with Gasteiger partial charge < -0.3 is 5.32 Å². The predicted molar refractivity (Wildman–Crippen MR) is 83.5 cm³/mol. The molecule has 1 aromatic carbocycles. The molecule has 1 aliphatic heterocycles. The van der Waals surface area contributed by atoms with Gasteiger partial charge in [-0.1, -0.05) is 31.2 Å². The summed E-state index contributed by atoms with van der Waals surface area (Å²) in [6, 6.07) is 8.72. The number of hydrogen-bond acceptors (Lipinski definition) is 4. The SMILES string of the molecule is CCCNCc1nc(CN2Cc3ccccc3C2)cs1. The number of nitrogens with one attached hydrogen (secondary N) is 1. The Bertz CT molecular complexity index is 539. The van der Waals surface area contributed by atoms with Gasteiger partial charge in [0, 0.05) is 31.6 Å². The summed E-state index contributed by atoms with van der Waals surface area (Å²) in [6.45, 7) is 7.22. The van der Waals surface area contributed by atoms with Crippen molar-refractivity contribution < 1.29 is 0 Å². The highest BCUT2D eigenvalue weighted by molar-refractivity contribution is 7.09. The molecule has 0 saturated heterocycles. The van der Waals surface area contributed by atoms with Crippen molar-refractivity contribution in [2.75, 3.05) is 6.54 Å². The maximum absolute atomic E-state index is 4.72. The van der Waals surface area contributed by atoms with Gasteiger partial charge in [0.05, 0.1) is 5.69 Å². The number of fused-ring (bicyclic) bond motifs is 1. The zero-order chi connectivity index (χ0) is 13.8. The Morgan fingerprint density at radius 3 is 2.70 bits per heavy atom. The van der Waals surface area contributed by atoms with Crippen LogP contribution in [0.4, 0.5) is 0 Å². The Kier molecular flexibility index (Phi) is 4.45. The van der Waals surface area contributed by atoms with Gasteiger partial charge in [-0.05, 0) is 24.1 Å². The summed E-state index contributed by atoms with van der Waals surface area (Å²) in [4.78, 5) is 7.18. The van der Waals surface area contributed by atoms with Gasteiger partial charge in [-0.2, -0.15) is 0 Å². The smallest absolute Gasteiger partial charge is 0.107 e. The van der Waals surface area contributed by atoms with Gasteiger partial charge in [0.1, 0.15) is 5.01 Å². The quantitative estimate of drug-likeness (QED) is 0.827. The number of aromatic nitrogens is 1. The molecular weight excluding hydrogens is 266 g/mol. The van der Waals surface area contributed by atoms with E-state index in [1.54, 1.807) is 11.3 Å². The van der Waals surface area contributed by atoms with E-state index in [0.717, 1.165) is 32.7 Å². The first kappa shape index (κ1) is 13.7. The third-order valence-corrected chi connectivity index (χ3v) is 4.49. The maximum atomic E-state index is 4.72. The van der Waals surface area contributed by atoms with Gasteiger partial charge in [0.25, 0.3) is 0 Å². The summed E-state index contributed by atoms with van der Waals surface area (Å²) in [7, 11) is 0. The number of rotatable bonds is 6. The molecule has 0 saturated carbocycles. The molecule has 3 nitrogen and oxygen atoms in total. The van der Waals surface area contributed by atoms with Crippen LogP contribution in [-0.2, 0) is 26.2 Å². The summed E-state index contributed by atoms with van der Waals surface area (Å²) >= 11 is 1.77. The van der Waals surface area contributed by atoms with E-state index in [4.69, 9.17) is 4.98 Å². The van der Waals surface area contributed by atoms with Crippen LogP contribution in [-0.4, -0.2) is 16.4 Å². The number of nitrogens with zero attached hydrogens (tertiary/aromatic N) is 2. The van der Waals surface area contributed by atoms with E-state index in [-0.39, 0.29) is 0 Å². The second-order valence-corrected chi connectivity index (χ2v) is 6.27. The fourth-order valence-corrected chi connectivity index (χ4v) is 3.37. The first-order chi connectivity index (χ1) is 9.85. The lowest BCUT2D eigenvalue weighted by atomic mass is 10.1. The van der Waals surface area contributed by atoms with Crippen LogP contribution in [0.2, 0.25) is 0 Å². The Morgan fingerprint density at radius 2 is 2.00 bits per heavy atom. The minimum Gasteiger partial charge on any atom is -0.310 e. The van der Waals surface area contributed by atoms with Crippen molar-refractivity contribution in [1.82, 2.24) is 15.2 Å². The Morgan fingerprint density at radius 1 is 1.25 bits per heavy atom. The molecule has 0 aliphatic carbocycles. The third kappa shape index (κ3) is 3.26. The first-order valence-electron chi connectivity index (χ1n) is 7.28. The van der Waals surface area contributed by atoms with Crippen molar-refractivity contribution in [3.63, 3.8) is 0 Å². The van der Waals surface area contributed by atoms with E-state index < -0.39 is 0 Å². The summed E-state index contributed by atoms with van der Waals surface area (Å²) in [5, 5.41) is 6.81. The summed E-state index contributed by atoms with van der Waals surface area (Å²) in [5.41, 5.74) is 4.14. The lowest BCUT2D eigenvalue weighted by Gasteiger charge is -2.12. The molecule has 0 radical (unpaired) electrons. The molecule has 3 rings (SSSR count). The summed E-state index contributed by atoms with van der Waals surface area (Å²) in [6.07, 6.45) is 1.17. The van der Waals surface area contributed by atoms with Crippen molar-refractivity contribution >= 4 is 11.3 Å². The molecule has 0 spiro atoms. The van der Waals surface area contributed by atoms with Crippen LogP contribution in [0.15, 0.2) is 29.6 Å². The van der Waals surface area contributed by atoms with Gasteiger partial charge in [-0.3, -0.25) is 4.90 Å². The van der Waals surface area contributed by atoms with E-state index in [1.807, 2.05) is 0 Å². The van der Waals surface area contributed by atoms with Crippen LogP contribution in [0.5, 0.6) is 0 Å². The second kappa shape index (κ2) is 6.48. The average molecular weight is 287 g/mol. The molecule has 1 aromatic heterocycles. The molecule has 2 aromatic rings. The van der Waals surface area contributed by atoms with Crippen molar-refractivity contribution in [3.8, 4) is 0 Å². The molecule has 0 amide bonds. The zero-order valence-electron chi connectivity index (χ0n) is 11.9. The van der Waals surface area contributed by atoms with Crippen LogP contribution in [0.1, 0.15) is 35.2 Å². The fraction of sp³-hybridized carbons (Fsp3) is 0.438. The molecule has 0 fully saturated rings. The van der Waals surface area contributed by atoms with Gasteiger partial charge >= 0.3 is 0 Å². The van der Waals surface area contributed by atoms with Gasteiger partial charge in [-0.25, -0.2) is 4.98 Å². The zero-order valence-corrected chi connectivity index (χ0v) is 12.7. The highest BCUT2D eigenvalue weighted by Gasteiger charge is 2.18. The molecular formula is C16H21N3S. The molecule has 0 bridgehead atoms. The van der Waals surface area contributed by atoms with Crippen LogP contribution >= 0.6 is 11.3 Å². The topological polar surface area (TPSA) is 28.2 Å². The van der Waals surface area contributed by atoms with Crippen molar-refractivity contribution in [2.24, 2.45) is 0 Å². The standard InChI is InChI=1S/C16H21N3S/c1-2-7-17-8-16-18-15(12-20-16)11-19-9-13-5-3-4-6-14(13)10-19/h3-6,12,17H,2,7-11H2,1H3. The van der Waals surface area contributed by atoms with E-state index in [1.165, 1.54) is 28.2 Å². The normalized spacial score (nSPS) is 14.7. The molecule has 2 heterocycles. The van der Waals surface area contributed by atoms with E-state index in [9.17, 15) is 0 Å². The minimum absolute atomic E-state index is 0.902. The van der Waals surface area contributed by atoms with Gasteiger partial charge in [0.15, 0.2) is 0 Å². The molecule has 0 unspecified atom stereocenters. The second-order valence-electron chi connectivity index (χ2n) is 5.32. The average Bonchev–Trinajstić information content (AvgIpc) is 3.05. The maximum Gasteiger partial charge on any atom is 0.107 e. The van der Waals surface area contributed by atoms with E-state index >= 15 is 0 Å². The largest absolute Gasteiger partial charge is 0.310 e. The number of hydrogen-bond donors (Lipinski definition) is 1. The van der Waals surface area contributed by atoms with Crippen LogP contribution in [0, 0.1) is 0 Å². The third-order valence-electron chi connectivity index (χ3n) is 3.59.